The molecule has 1 spiro atoms. The van der Waals surface area contributed by atoms with Gasteiger partial charge in [-0.3, -0.25) is 9.59 Å². The Morgan fingerprint density at radius 1 is 1.14 bits per heavy atom. The van der Waals surface area contributed by atoms with E-state index in [1.165, 1.54) is 12.1 Å². The Bertz CT molecular complexity index is 1240. The predicted molar refractivity (Wildman–Crippen MR) is 132 cm³/mol. The zero-order valence-corrected chi connectivity index (χ0v) is 20.3. The van der Waals surface area contributed by atoms with E-state index in [4.69, 9.17) is 0 Å². The standard InChI is InChI=1S/C28H31FN4O2/c1-20-30-15-16-32(20)17-22-7-3-4-8-24(22)27(35)33-18-25(21-10-12-23(29)13-11-21)28(19-33)14-6-5-9-26(34)31(28)2/h3-4,7-8,10-13,15-16,25H,5-6,9,14,17-19H2,1-2H3/t25-,28+/m0/s1. The first-order valence-corrected chi connectivity index (χ1v) is 12.3. The molecular formula is C28H31FN4O2. The van der Waals surface area contributed by atoms with E-state index in [2.05, 4.69) is 4.98 Å². The normalized spacial score (nSPS) is 22.6. The number of hydrogen-bond acceptors (Lipinski definition) is 3. The second-order valence-electron chi connectivity index (χ2n) is 9.81. The van der Waals surface area contributed by atoms with Crippen molar-refractivity contribution in [1.29, 1.82) is 0 Å². The van der Waals surface area contributed by atoms with Crippen molar-refractivity contribution in [2.75, 3.05) is 20.1 Å². The third kappa shape index (κ3) is 4.24. The quantitative estimate of drug-likeness (QED) is 0.564. The van der Waals surface area contributed by atoms with E-state index in [1.54, 1.807) is 18.3 Å². The van der Waals surface area contributed by atoms with Crippen molar-refractivity contribution < 1.29 is 14.0 Å². The number of imidazole rings is 1. The van der Waals surface area contributed by atoms with Gasteiger partial charge in [0.1, 0.15) is 11.6 Å². The van der Waals surface area contributed by atoms with Gasteiger partial charge in [0, 0.05) is 57.0 Å². The van der Waals surface area contributed by atoms with Gasteiger partial charge in [-0.2, -0.15) is 0 Å². The second kappa shape index (κ2) is 9.29. The highest BCUT2D eigenvalue weighted by atomic mass is 19.1. The van der Waals surface area contributed by atoms with Crippen LogP contribution in [0.2, 0.25) is 0 Å². The summed E-state index contributed by atoms with van der Waals surface area (Å²) in [6.45, 7) is 3.46. The van der Waals surface area contributed by atoms with Gasteiger partial charge in [0.05, 0.1) is 5.54 Å². The Morgan fingerprint density at radius 3 is 2.66 bits per heavy atom. The van der Waals surface area contributed by atoms with Crippen LogP contribution in [0.15, 0.2) is 60.9 Å². The first kappa shape index (κ1) is 23.3. The minimum absolute atomic E-state index is 0.0348. The van der Waals surface area contributed by atoms with Gasteiger partial charge in [-0.15, -0.1) is 0 Å². The molecule has 0 radical (unpaired) electrons. The number of carbonyl (C=O) groups is 2. The molecule has 2 aliphatic heterocycles. The zero-order chi connectivity index (χ0) is 24.6. The van der Waals surface area contributed by atoms with Gasteiger partial charge in [0.2, 0.25) is 5.91 Å². The third-order valence-electron chi connectivity index (χ3n) is 7.88. The third-order valence-corrected chi connectivity index (χ3v) is 7.88. The summed E-state index contributed by atoms with van der Waals surface area (Å²) >= 11 is 0. The summed E-state index contributed by atoms with van der Waals surface area (Å²) in [7, 11) is 1.87. The van der Waals surface area contributed by atoms with Crippen LogP contribution in [0.25, 0.3) is 0 Å². The molecule has 182 valence electrons. The van der Waals surface area contributed by atoms with E-state index < -0.39 is 5.54 Å². The Hall–Kier alpha value is -3.48. The number of amides is 2. The fourth-order valence-electron chi connectivity index (χ4n) is 5.84. The Balaban J connectivity index is 1.51. The molecule has 6 nitrogen and oxygen atoms in total. The largest absolute Gasteiger partial charge is 0.338 e. The van der Waals surface area contributed by atoms with Crippen LogP contribution in [0.1, 0.15) is 58.9 Å². The number of carbonyl (C=O) groups excluding carboxylic acids is 2. The molecule has 5 rings (SSSR count). The number of hydrogen-bond donors (Lipinski definition) is 0. The zero-order valence-electron chi connectivity index (χ0n) is 20.3. The van der Waals surface area contributed by atoms with Gasteiger partial charge in [0.15, 0.2) is 0 Å². The van der Waals surface area contributed by atoms with Crippen molar-refractivity contribution in [1.82, 2.24) is 19.4 Å². The van der Waals surface area contributed by atoms with Crippen molar-refractivity contribution in [2.24, 2.45) is 0 Å². The van der Waals surface area contributed by atoms with Gasteiger partial charge in [0.25, 0.3) is 5.91 Å². The van der Waals surface area contributed by atoms with Gasteiger partial charge in [-0.05, 0) is 49.1 Å². The number of halogens is 1. The van der Waals surface area contributed by atoms with E-state index in [9.17, 15) is 14.0 Å². The fourth-order valence-corrected chi connectivity index (χ4v) is 5.84. The first-order chi connectivity index (χ1) is 16.9. The lowest BCUT2D eigenvalue weighted by Crippen LogP contribution is -2.53. The second-order valence-corrected chi connectivity index (χ2v) is 9.81. The summed E-state index contributed by atoms with van der Waals surface area (Å²) in [5.74, 6) is 0.597. The van der Waals surface area contributed by atoms with Crippen LogP contribution in [-0.2, 0) is 11.3 Å². The van der Waals surface area contributed by atoms with E-state index in [1.807, 2.05) is 58.8 Å². The van der Waals surface area contributed by atoms with Crippen LogP contribution in [-0.4, -0.2) is 56.8 Å². The molecule has 0 N–H and O–H groups in total. The highest BCUT2D eigenvalue weighted by molar-refractivity contribution is 5.96. The Kier molecular flexibility index (Phi) is 6.17. The lowest BCUT2D eigenvalue weighted by molar-refractivity contribution is -0.134. The predicted octanol–water partition coefficient (Wildman–Crippen LogP) is 4.39. The fraction of sp³-hybridized carbons (Fsp3) is 0.393. The Labute approximate surface area is 205 Å². The van der Waals surface area contributed by atoms with Crippen LogP contribution in [0, 0.1) is 12.7 Å². The molecule has 35 heavy (non-hydrogen) atoms. The molecule has 0 saturated carbocycles. The number of likely N-dealkylation sites (tertiary alicyclic amines) is 2. The maximum atomic E-state index is 13.9. The molecule has 3 aromatic rings. The summed E-state index contributed by atoms with van der Waals surface area (Å²) in [4.78, 5) is 35.0. The molecule has 2 aromatic carbocycles. The van der Waals surface area contributed by atoms with Gasteiger partial charge in [-0.25, -0.2) is 9.37 Å². The molecule has 3 heterocycles. The molecule has 0 bridgehead atoms. The topological polar surface area (TPSA) is 58.4 Å². The molecule has 2 aliphatic rings. The first-order valence-electron chi connectivity index (χ1n) is 12.3. The smallest absolute Gasteiger partial charge is 0.254 e. The van der Waals surface area contributed by atoms with E-state index >= 15 is 0 Å². The molecule has 1 aromatic heterocycles. The molecule has 0 aliphatic carbocycles. The van der Waals surface area contributed by atoms with Crippen molar-refractivity contribution in [3.63, 3.8) is 0 Å². The van der Waals surface area contributed by atoms with Crippen LogP contribution in [0.3, 0.4) is 0 Å². The molecule has 2 saturated heterocycles. The molecular weight excluding hydrogens is 443 g/mol. The lowest BCUT2D eigenvalue weighted by Gasteiger charge is -2.42. The summed E-state index contributed by atoms with van der Waals surface area (Å²) in [5.41, 5.74) is 2.06. The van der Waals surface area contributed by atoms with Gasteiger partial charge >= 0.3 is 0 Å². The van der Waals surface area contributed by atoms with Crippen molar-refractivity contribution in [2.45, 2.75) is 50.6 Å². The van der Waals surface area contributed by atoms with Crippen molar-refractivity contribution in [3.8, 4) is 0 Å². The molecule has 2 atom stereocenters. The molecule has 7 heteroatoms. The number of likely N-dealkylation sites (N-methyl/N-ethyl adjacent to an activating group) is 1. The van der Waals surface area contributed by atoms with E-state index in [0.29, 0.717) is 31.6 Å². The average Bonchev–Trinajstić information content (AvgIpc) is 3.42. The van der Waals surface area contributed by atoms with Crippen LogP contribution in [0.5, 0.6) is 0 Å². The van der Waals surface area contributed by atoms with Crippen LogP contribution in [0.4, 0.5) is 4.39 Å². The summed E-state index contributed by atoms with van der Waals surface area (Å²) in [6.07, 6.45) is 6.79. The maximum absolute atomic E-state index is 13.9. The summed E-state index contributed by atoms with van der Waals surface area (Å²) in [6, 6.07) is 14.2. The molecule has 0 unspecified atom stereocenters. The lowest BCUT2D eigenvalue weighted by atomic mass is 9.78. The number of aromatic nitrogens is 2. The Morgan fingerprint density at radius 2 is 1.91 bits per heavy atom. The monoisotopic (exact) mass is 474 g/mol. The summed E-state index contributed by atoms with van der Waals surface area (Å²) < 4.78 is 15.8. The maximum Gasteiger partial charge on any atom is 0.254 e. The number of rotatable bonds is 4. The van der Waals surface area contributed by atoms with Gasteiger partial charge < -0.3 is 14.4 Å². The number of nitrogens with zero attached hydrogens (tertiary/aromatic N) is 4. The van der Waals surface area contributed by atoms with Crippen LogP contribution >= 0.6 is 0 Å². The average molecular weight is 475 g/mol. The van der Waals surface area contributed by atoms with Gasteiger partial charge in [-0.1, -0.05) is 36.8 Å². The minimum Gasteiger partial charge on any atom is -0.338 e. The van der Waals surface area contributed by atoms with Crippen molar-refractivity contribution >= 4 is 11.8 Å². The summed E-state index contributed by atoms with van der Waals surface area (Å²) in [5, 5.41) is 0. The number of aryl methyl sites for hydroxylation is 1. The van der Waals surface area contributed by atoms with Crippen molar-refractivity contribution in [3.05, 3.63) is 89.3 Å². The van der Waals surface area contributed by atoms with E-state index in [-0.39, 0.29) is 23.5 Å². The SMILES string of the molecule is Cc1nccn1Cc1ccccc1C(=O)N1C[C@@H](c2ccc(F)cc2)[C@@]2(CCCCC(=O)N2C)C1. The van der Waals surface area contributed by atoms with Crippen LogP contribution < -0.4 is 0 Å². The molecule has 2 amide bonds. The van der Waals surface area contributed by atoms with E-state index in [0.717, 1.165) is 36.2 Å². The minimum atomic E-state index is -0.503. The number of benzene rings is 2. The highest BCUT2D eigenvalue weighted by Crippen LogP contribution is 2.45. The highest BCUT2D eigenvalue weighted by Gasteiger charge is 2.53. The molecule has 2 fully saturated rings.